The Hall–Kier alpha value is -3.42. The lowest BCUT2D eigenvalue weighted by Gasteiger charge is -2.25. The van der Waals surface area contributed by atoms with Crippen LogP contribution in [0.2, 0.25) is 0 Å². The van der Waals surface area contributed by atoms with E-state index in [-0.39, 0.29) is 18.7 Å². The van der Waals surface area contributed by atoms with E-state index in [2.05, 4.69) is 0 Å². The molecule has 7 nitrogen and oxygen atoms in total. The summed E-state index contributed by atoms with van der Waals surface area (Å²) in [6, 6.07) is 11.6. The third-order valence-electron chi connectivity index (χ3n) is 5.61. The minimum atomic E-state index is -0.992. The van der Waals surface area contributed by atoms with Crippen LogP contribution in [0.5, 0.6) is 0 Å². The van der Waals surface area contributed by atoms with Gasteiger partial charge in [0, 0.05) is 13.6 Å². The maximum atomic E-state index is 14.5. The highest BCUT2D eigenvalue weighted by molar-refractivity contribution is 6.07. The fourth-order valence-corrected chi connectivity index (χ4v) is 4.02. The van der Waals surface area contributed by atoms with E-state index in [0.29, 0.717) is 36.3 Å². The van der Waals surface area contributed by atoms with E-state index in [9.17, 15) is 23.9 Å². The van der Waals surface area contributed by atoms with Gasteiger partial charge in [-0.05, 0) is 75.4 Å². The number of amides is 2. The summed E-state index contributed by atoms with van der Waals surface area (Å²) < 4.78 is 19.8. The first-order chi connectivity index (χ1) is 15.9. The Labute approximate surface area is 199 Å². The Balaban J connectivity index is 1.68. The molecule has 0 bridgehead atoms. The number of benzene rings is 2. The standard InChI is InChI=1S/C26H31FN2O5/c1-26(2,3)34-25(33)28(4)11-7-9-19(24(31)32)12-17-13-20(27)16-21(14-17)29-22-10-6-5-8-18(22)15-23(29)30/h5-6,8,10,13-14,16,19H,7,9,11-12,15H2,1-4H3,(H,31,32). The number of carbonyl (C=O) groups excluding carboxylic acids is 2. The second-order valence-corrected chi connectivity index (χ2v) is 9.64. The normalized spacial score (nSPS) is 14.0. The summed E-state index contributed by atoms with van der Waals surface area (Å²) in [6.07, 6.45) is 0.641. The second kappa shape index (κ2) is 10.2. The summed E-state index contributed by atoms with van der Waals surface area (Å²) >= 11 is 0. The Morgan fingerprint density at radius 1 is 1.21 bits per heavy atom. The molecule has 2 amide bonds. The summed E-state index contributed by atoms with van der Waals surface area (Å²) in [4.78, 5) is 39.5. The smallest absolute Gasteiger partial charge is 0.410 e. The van der Waals surface area contributed by atoms with E-state index in [4.69, 9.17) is 4.74 Å². The molecule has 0 saturated heterocycles. The van der Waals surface area contributed by atoms with E-state index >= 15 is 0 Å². The van der Waals surface area contributed by atoms with Crippen LogP contribution in [0.25, 0.3) is 0 Å². The molecule has 0 spiro atoms. The van der Waals surface area contributed by atoms with E-state index in [1.165, 1.54) is 21.9 Å². The fraction of sp³-hybridized carbons (Fsp3) is 0.423. The first kappa shape index (κ1) is 25.2. The predicted octanol–water partition coefficient (Wildman–Crippen LogP) is 4.94. The number of ether oxygens (including phenoxy) is 1. The van der Waals surface area contributed by atoms with Gasteiger partial charge in [-0.1, -0.05) is 18.2 Å². The first-order valence-electron chi connectivity index (χ1n) is 11.3. The third-order valence-corrected chi connectivity index (χ3v) is 5.61. The molecule has 1 unspecified atom stereocenters. The lowest BCUT2D eigenvalue weighted by Crippen LogP contribution is -2.35. The van der Waals surface area contributed by atoms with Crippen LogP contribution in [0.4, 0.5) is 20.6 Å². The zero-order valence-corrected chi connectivity index (χ0v) is 20.0. The van der Waals surface area contributed by atoms with Crippen LogP contribution in [-0.2, 0) is 27.2 Å². The van der Waals surface area contributed by atoms with Gasteiger partial charge in [-0.3, -0.25) is 14.5 Å². The van der Waals surface area contributed by atoms with Gasteiger partial charge in [-0.25, -0.2) is 9.18 Å². The third kappa shape index (κ3) is 6.34. The van der Waals surface area contributed by atoms with Gasteiger partial charge in [0.1, 0.15) is 11.4 Å². The zero-order chi connectivity index (χ0) is 25.0. The highest BCUT2D eigenvalue weighted by atomic mass is 19.1. The predicted molar refractivity (Wildman–Crippen MR) is 127 cm³/mol. The average Bonchev–Trinajstić information content (AvgIpc) is 3.06. The van der Waals surface area contributed by atoms with Crippen molar-refractivity contribution in [1.82, 2.24) is 4.90 Å². The van der Waals surface area contributed by atoms with Gasteiger partial charge in [0.05, 0.1) is 23.7 Å². The molecule has 0 saturated carbocycles. The quantitative estimate of drug-likeness (QED) is 0.591. The van der Waals surface area contributed by atoms with Crippen molar-refractivity contribution in [3.63, 3.8) is 0 Å². The SMILES string of the molecule is CN(CCCC(Cc1cc(F)cc(N2C(=O)Cc3ccccc32)c1)C(=O)O)C(=O)OC(C)(C)C. The molecule has 1 aliphatic heterocycles. The van der Waals surface area contributed by atoms with Gasteiger partial charge in [0.25, 0.3) is 0 Å². The fourth-order valence-electron chi connectivity index (χ4n) is 4.02. The molecule has 1 aliphatic rings. The van der Waals surface area contributed by atoms with Gasteiger partial charge in [0.2, 0.25) is 5.91 Å². The molecular formula is C26H31FN2O5. The minimum Gasteiger partial charge on any atom is -0.481 e. The monoisotopic (exact) mass is 470 g/mol. The van der Waals surface area contributed by atoms with Crippen LogP contribution in [0.3, 0.4) is 0 Å². The van der Waals surface area contributed by atoms with Crippen LogP contribution in [-0.4, -0.2) is 47.2 Å². The lowest BCUT2D eigenvalue weighted by atomic mass is 9.94. The summed E-state index contributed by atoms with van der Waals surface area (Å²) in [6.45, 7) is 5.68. The average molecular weight is 471 g/mol. The largest absolute Gasteiger partial charge is 0.481 e. The number of carbonyl (C=O) groups is 3. The number of rotatable bonds is 8. The molecule has 0 aromatic heterocycles. The number of anilines is 2. The molecule has 1 atom stereocenters. The summed E-state index contributed by atoms with van der Waals surface area (Å²) in [5, 5.41) is 9.72. The number of para-hydroxylation sites is 1. The maximum absolute atomic E-state index is 14.5. The molecule has 34 heavy (non-hydrogen) atoms. The molecule has 8 heteroatoms. The van der Waals surface area contributed by atoms with Crippen molar-refractivity contribution in [2.24, 2.45) is 5.92 Å². The lowest BCUT2D eigenvalue weighted by molar-refractivity contribution is -0.142. The molecule has 2 aromatic carbocycles. The van der Waals surface area contributed by atoms with Crippen LogP contribution >= 0.6 is 0 Å². The Morgan fingerprint density at radius 2 is 1.91 bits per heavy atom. The molecular weight excluding hydrogens is 439 g/mol. The van der Waals surface area contributed by atoms with Crippen molar-refractivity contribution in [1.29, 1.82) is 0 Å². The molecule has 0 aliphatic carbocycles. The van der Waals surface area contributed by atoms with E-state index in [1.807, 2.05) is 24.3 Å². The molecule has 182 valence electrons. The van der Waals surface area contributed by atoms with Gasteiger partial charge in [-0.2, -0.15) is 0 Å². The van der Waals surface area contributed by atoms with Gasteiger partial charge < -0.3 is 14.7 Å². The molecule has 2 aromatic rings. The van der Waals surface area contributed by atoms with E-state index in [0.717, 1.165) is 5.56 Å². The van der Waals surface area contributed by atoms with Crippen molar-refractivity contribution >= 4 is 29.3 Å². The highest BCUT2D eigenvalue weighted by Crippen LogP contribution is 2.36. The van der Waals surface area contributed by atoms with E-state index in [1.54, 1.807) is 33.9 Å². The Bertz CT molecular complexity index is 1080. The van der Waals surface area contributed by atoms with Crippen molar-refractivity contribution < 1.29 is 28.6 Å². The Morgan fingerprint density at radius 3 is 2.59 bits per heavy atom. The molecule has 3 rings (SSSR count). The Kier molecular flexibility index (Phi) is 7.59. The maximum Gasteiger partial charge on any atom is 0.410 e. The van der Waals surface area contributed by atoms with Crippen LogP contribution < -0.4 is 4.90 Å². The molecule has 1 N–H and O–H groups in total. The van der Waals surface area contributed by atoms with Gasteiger partial charge >= 0.3 is 12.1 Å². The zero-order valence-electron chi connectivity index (χ0n) is 20.0. The second-order valence-electron chi connectivity index (χ2n) is 9.64. The van der Waals surface area contributed by atoms with Gasteiger partial charge in [0.15, 0.2) is 0 Å². The van der Waals surface area contributed by atoms with Crippen molar-refractivity contribution in [3.8, 4) is 0 Å². The molecule has 0 radical (unpaired) electrons. The highest BCUT2D eigenvalue weighted by Gasteiger charge is 2.29. The number of hydrogen-bond acceptors (Lipinski definition) is 4. The minimum absolute atomic E-state index is 0.111. The number of carboxylic acids is 1. The topological polar surface area (TPSA) is 87.2 Å². The van der Waals surface area contributed by atoms with E-state index < -0.39 is 29.4 Å². The number of aliphatic carboxylic acids is 1. The number of fused-ring (bicyclic) bond motifs is 1. The first-order valence-corrected chi connectivity index (χ1v) is 11.3. The van der Waals surface area contributed by atoms with Crippen LogP contribution in [0.15, 0.2) is 42.5 Å². The summed E-state index contributed by atoms with van der Waals surface area (Å²) in [7, 11) is 1.60. The van der Waals surface area contributed by atoms with Crippen LogP contribution in [0, 0.1) is 11.7 Å². The van der Waals surface area contributed by atoms with Crippen molar-refractivity contribution in [3.05, 3.63) is 59.4 Å². The molecule has 1 heterocycles. The number of nitrogens with zero attached hydrogens (tertiary/aromatic N) is 2. The number of hydrogen-bond donors (Lipinski definition) is 1. The number of carboxylic acid groups (broad SMARTS) is 1. The van der Waals surface area contributed by atoms with Gasteiger partial charge in [-0.15, -0.1) is 0 Å². The van der Waals surface area contributed by atoms with Crippen LogP contribution in [0.1, 0.15) is 44.7 Å². The summed E-state index contributed by atoms with van der Waals surface area (Å²) in [5.74, 6) is -2.44. The molecule has 0 fully saturated rings. The number of halogens is 1. The van der Waals surface area contributed by atoms with Crippen molar-refractivity contribution in [2.45, 2.75) is 52.1 Å². The van der Waals surface area contributed by atoms with Crippen molar-refractivity contribution in [2.75, 3.05) is 18.5 Å². The summed E-state index contributed by atoms with van der Waals surface area (Å²) in [5.41, 5.74) is 1.86.